The summed E-state index contributed by atoms with van der Waals surface area (Å²) in [6.45, 7) is 2.49. The molecule has 1 saturated carbocycles. The Morgan fingerprint density at radius 2 is 1.71 bits per heavy atom. The van der Waals surface area contributed by atoms with Crippen LogP contribution in [-0.4, -0.2) is 27.0 Å². The molecule has 0 atom stereocenters. The Kier molecular flexibility index (Phi) is 8.26. The van der Waals surface area contributed by atoms with E-state index in [-0.39, 0.29) is 10.8 Å². The average Bonchev–Trinajstić information content (AvgIpc) is 2.78. The third-order valence-electron chi connectivity index (χ3n) is 5.20. The lowest BCUT2D eigenvalue weighted by molar-refractivity contribution is -0.116. The fourth-order valence-corrected chi connectivity index (χ4v) is 4.55. The van der Waals surface area contributed by atoms with Gasteiger partial charge in [-0.1, -0.05) is 37.6 Å². The quantitative estimate of drug-likeness (QED) is 0.575. The standard InChI is InChI=1S/C24H30N2O4S/c1-2-26-31(28,29)23-15-10-19(11-16-23)12-17-24(27)25-18-20-8-13-22(14-9-20)30-21-6-4-3-5-7-21/h8-17,21,26H,2-7,18H2,1H3,(H,25,27). The van der Waals surface area contributed by atoms with Crippen LogP contribution in [0, 0.1) is 0 Å². The van der Waals surface area contributed by atoms with Crippen molar-refractivity contribution in [3.8, 4) is 5.75 Å². The van der Waals surface area contributed by atoms with Gasteiger partial charge in [0.05, 0.1) is 11.0 Å². The van der Waals surface area contributed by atoms with E-state index in [1.165, 1.54) is 37.5 Å². The fraction of sp³-hybridized carbons (Fsp3) is 0.375. The highest BCUT2D eigenvalue weighted by Gasteiger charge is 2.14. The molecule has 6 nitrogen and oxygen atoms in total. The van der Waals surface area contributed by atoms with Crippen LogP contribution in [0.4, 0.5) is 0 Å². The highest BCUT2D eigenvalue weighted by Crippen LogP contribution is 2.23. The van der Waals surface area contributed by atoms with Crippen molar-refractivity contribution >= 4 is 22.0 Å². The van der Waals surface area contributed by atoms with Gasteiger partial charge in [-0.3, -0.25) is 4.79 Å². The maximum absolute atomic E-state index is 12.1. The number of benzene rings is 2. The lowest BCUT2D eigenvalue weighted by Crippen LogP contribution is -2.23. The number of sulfonamides is 1. The van der Waals surface area contributed by atoms with Gasteiger partial charge in [0.2, 0.25) is 15.9 Å². The summed E-state index contributed by atoms with van der Waals surface area (Å²) in [5.41, 5.74) is 1.74. The van der Waals surface area contributed by atoms with Crippen molar-refractivity contribution in [1.82, 2.24) is 10.0 Å². The minimum absolute atomic E-state index is 0.201. The summed E-state index contributed by atoms with van der Waals surface area (Å²) < 4.78 is 32.4. The van der Waals surface area contributed by atoms with Gasteiger partial charge in [0.1, 0.15) is 5.75 Å². The van der Waals surface area contributed by atoms with Gasteiger partial charge in [-0.25, -0.2) is 13.1 Å². The second-order valence-corrected chi connectivity index (χ2v) is 9.41. The molecule has 2 aromatic carbocycles. The summed E-state index contributed by atoms with van der Waals surface area (Å²) >= 11 is 0. The van der Waals surface area contributed by atoms with Crippen molar-refractivity contribution in [2.24, 2.45) is 0 Å². The zero-order valence-corrected chi connectivity index (χ0v) is 18.7. The van der Waals surface area contributed by atoms with Crippen LogP contribution in [0.5, 0.6) is 5.75 Å². The maximum atomic E-state index is 12.1. The molecule has 0 radical (unpaired) electrons. The Balaban J connectivity index is 1.46. The summed E-state index contributed by atoms with van der Waals surface area (Å²) in [4.78, 5) is 12.3. The van der Waals surface area contributed by atoms with E-state index in [2.05, 4.69) is 10.0 Å². The smallest absolute Gasteiger partial charge is 0.244 e. The number of rotatable bonds is 9. The van der Waals surface area contributed by atoms with Crippen LogP contribution in [0.15, 0.2) is 59.5 Å². The summed E-state index contributed by atoms with van der Waals surface area (Å²) in [6, 6.07) is 14.2. The molecular formula is C24H30N2O4S. The van der Waals surface area contributed by atoms with Crippen molar-refractivity contribution in [2.45, 2.75) is 56.6 Å². The topological polar surface area (TPSA) is 84.5 Å². The second-order valence-electron chi connectivity index (χ2n) is 7.64. The zero-order chi connectivity index (χ0) is 22.1. The van der Waals surface area contributed by atoms with Crippen LogP contribution in [0.2, 0.25) is 0 Å². The predicted molar refractivity (Wildman–Crippen MR) is 122 cm³/mol. The van der Waals surface area contributed by atoms with E-state index in [9.17, 15) is 13.2 Å². The van der Waals surface area contributed by atoms with E-state index >= 15 is 0 Å². The van der Waals surface area contributed by atoms with Crippen LogP contribution in [0.25, 0.3) is 6.08 Å². The molecule has 2 aromatic rings. The van der Waals surface area contributed by atoms with Crippen molar-refractivity contribution in [3.05, 3.63) is 65.7 Å². The molecular weight excluding hydrogens is 412 g/mol. The number of amides is 1. The van der Waals surface area contributed by atoms with Crippen LogP contribution in [0.1, 0.15) is 50.2 Å². The first-order valence-electron chi connectivity index (χ1n) is 10.8. The van der Waals surface area contributed by atoms with Gasteiger partial charge in [-0.15, -0.1) is 0 Å². The summed E-state index contributed by atoms with van der Waals surface area (Å²) in [7, 11) is -3.47. The molecule has 7 heteroatoms. The molecule has 0 unspecified atom stereocenters. The summed E-state index contributed by atoms with van der Waals surface area (Å²) in [5, 5.41) is 2.85. The fourth-order valence-electron chi connectivity index (χ4n) is 3.51. The van der Waals surface area contributed by atoms with E-state index in [0.29, 0.717) is 19.2 Å². The highest BCUT2D eigenvalue weighted by molar-refractivity contribution is 7.89. The third kappa shape index (κ3) is 7.22. The van der Waals surface area contributed by atoms with Crippen molar-refractivity contribution in [2.75, 3.05) is 6.54 Å². The molecule has 0 aliphatic heterocycles. The number of hydrogen-bond donors (Lipinski definition) is 2. The Bertz CT molecular complexity index is 977. The van der Waals surface area contributed by atoms with Gasteiger partial charge in [-0.2, -0.15) is 0 Å². The summed E-state index contributed by atoms with van der Waals surface area (Å²) in [5.74, 6) is 0.661. The monoisotopic (exact) mass is 442 g/mol. The molecule has 1 aliphatic carbocycles. The van der Waals surface area contributed by atoms with Crippen LogP contribution in [-0.2, 0) is 21.4 Å². The SMILES string of the molecule is CCNS(=O)(=O)c1ccc(C=CC(=O)NCc2ccc(OC3CCCCC3)cc2)cc1. The van der Waals surface area contributed by atoms with Crippen LogP contribution < -0.4 is 14.8 Å². The largest absolute Gasteiger partial charge is 0.490 e. The van der Waals surface area contributed by atoms with Gasteiger partial charge >= 0.3 is 0 Å². The first-order valence-corrected chi connectivity index (χ1v) is 12.3. The molecule has 1 fully saturated rings. The minimum atomic E-state index is -3.47. The van der Waals surface area contributed by atoms with Gasteiger partial charge in [0.25, 0.3) is 0 Å². The molecule has 0 aromatic heterocycles. The Hall–Kier alpha value is -2.64. The van der Waals surface area contributed by atoms with Crippen LogP contribution >= 0.6 is 0 Å². The van der Waals surface area contributed by atoms with Gasteiger partial charge in [0, 0.05) is 19.2 Å². The van der Waals surface area contributed by atoms with E-state index in [4.69, 9.17) is 4.74 Å². The minimum Gasteiger partial charge on any atom is -0.490 e. The maximum Gasteiger partial charge on any atom is 0.244 e. The molecule has 0 bridgehead atoms. The Morgan fingerprint density at radius 3 is 2.35 bits per heavy atom. The Morgan fingerprint density at radius 1 is 1.03 bits per heavy atom. The van der Waals surface area contributed by atoms with Crippen molar-refractivity contribution < 1.29 is 17.9 Å². The van der Waals surface area contributed by atoms with Gasteiger partial charge in [0.15, 0.2) is 0 Å². The van der Waals surface area contributed by atoms with Crippen LogP contribution in [0.3, 0.4) is 0 Å². The van der Waals surface area contributed by atoms with Crippen molar-refractivity contribution in [1.29, 1.82) is 0 Å². The van der Waals surface area contributed by atoms with Gasteiger partial charge < -0.3 is 10.1 Å². The normalized spacial score (nSPS) is 15.1. The lowest BCUT2D eigenvalue weighted by Gasteiger charge is -2.23. The highest BCUT2D eigenvalue weighted by atomic mass is 32.2. The predicted octanol–water partition coefficient (Wildman–Crippen LogP) is 4.03. The molecule has 3 rings (SSSR count). The number of nitrogens with one attached hydrogen (secondary N) is 2. The zero-order valence-electron chi connectivity index (χ0n) is 17.8. The molecule has 0 spiro atoms. The Labute approximate surface area is 184 Å². The number of hydrogen-bond acceptors (Lipinski definition) is 4. The van der Waals surface area contributed by atoms with E-state index in [1.54, 1.807) is 25.1 Å². The number of carbonyl (C=O) groups is 1. The molecule has 31 heavy (non-hydrogen) atoms. The first kappa shape index (κ1) is 23.0. The molecule has 0 heterocycles. The first-order chi connectivity index (χ1) is 15.0. The molecule has 2 N–H and O–H groups in total. The molecule has 1 aliphatic rings. The molecule has 166 valence electrons. The van der Waals surface area contributed by atoms with Crippen molar-refractivity contribution in [3.63, 3.8) is 0 Å². The number of carbonyl (C=O) groups excluding carboxylic acids is 1. The van der Waals surface area contributed by atoms with E-state index in [0.717, 1.165) is 29.7 Å². The second kappa shape index (κ2) is 11.1. The third-order valence-corrected chi connectivity index (χ3v) is 6.76. The average molecular weight is 443 g/mol. The summed E-state index contributed by atoms with van der Waals surface area (Å²) in [6.07, 6.45) is 9.44. The van der Waals surface area contributed by atoms with E-state index < -0.39 is 10.0 Å². The molecule has 1 amide bonds. The van der Waals surface area contributed by atoms with E-state index in [1.807, 2.05) is 24.3 Å². The molecule has 0 saturated heterocycles. The number of ether oxygens (including phenoxy) is 1. The lowest BCUT2D eigenvalue weighted by atomic mass is 9.98. The van der Waals surface area contributed by atoms with Gasteiger partial charge in [-0.05, 0) is 67.2 Å².